The maximum atomic E-state index is 12.0. The summed E-state index contributed by atoms with van der Waals surface area (Å²) in [6, 6.07) is 13.5. The molecule has 2 rings (SSSR count). The van der Waals surface area contributed by atoms with Gasteiger partial charge in [0.1, 0.15) is 11.6 Å². The van der Waals surface area contributed by atoms with Crippen molar-refractivity contribution in [2.75, 3.05) is 0 Å². The minimum atomic E-state index is -0.409. The van der Waals surface area contributed by atoms with Crippen LogP contribution in [-0.2, 0) is 17.9 Å². The Balaban J connectivity index is 1.89. The van der Waals surface area contributed by atoms with Crippen molar-refractivity contribution in [1.29, 1.82) is 5.26 Å². The Bertz CT molecular complexity index is 732. The number of aromatic nitrogens is 1. The van der Waals surface area contributed by atoms with Crippen molar-refractivity contribution in [2.24, 2.45) is 0 Å². The molecule has 5 nitrogen and oxygen atoms in total. The molecular formula is C18H18N4O. The summed E-state index contributed by atoms with van der Waals surface area (Å²) in [7, 11) is 0. The number of amides is 1. The molecule has 0 unspecified atom stereocenters. The largest absolute Gasteiger partial charge is 0.386 e. The molecule has 116 valence electrons. The van der Waals surface area contributed by atoms with Crippen molar-refractivity contribution in [2.45, 2.75) is 20.0 Å². The summed E-state index contributed by atoms with van der Waals surface area (Å²) in [6.45, 7) is 2.92. The summed E-state index contributed by atoms with van der Waals surface area (Å²) in [4.78, 5) is 16.0. The number of carbonyl (C=O) groups is 1. The third-order valence-corrected chi connectivity index (χ3v) is 3.34. The van der Waals surface area contributed by atoms with E-state index in [1.165, 1.54) is 6.20 Å². The van der Waals surface area contributed by atoms with E-state index >= 15 is 0 Å². The van der Waals surface area contributed by atoms with Crippen LogP contribution in [0.4, 0.5) is 0 Å². The minimum absolute atomic E-state index is 0.0440. The molecule has 2 N–H and O–H groups in total. The first-order valence-corrected chi connectivity index (χ1v) is 7.26. The third-order valence-electron chi connectivity index (χ3n) is 3.34. The number of hydrogen-bond donors (Lipinski definition) is 2. The Morgan fingerprint density at radius 1 is 1.26 bits per heavy atom. The summed E-state index contributed by atoms with van der Waals surface area (Å²) < 4.78 is 0. The first-order chi connectivity index (χ1) is 11.2. The van der Waals surface area contributed by atoms with Crippen molar-refractivity contribution in [3.05, 3.63) is 77.3 Å². The van der Waals surface area contributed by atoms with Crippen LogP contribution in [0.3, 0.4) is 0 Å². The number of pyridine rings is 1. The first kappa shape index (κ1) is 16.2. The number of nitrogens with zero attached hydrogens (tertiary/aromatic N) is 2. The molecule has 0 aliphatic rings. The Labute approximate surface area is 135 Å². The van der Waals surface area contributed by atoms with E-state index in [0.717, 1.165) is 16.7 Å². The summed E-state index contributed by atoms with van der Waals surface area (Å²) >= 11 is 0. The lowest BCUT2D eigenvalue weighted by molar-refractivity contribution is -0.117. The fraction of sp³-hybridized carbons (Fsp3) is 0.167. The summed E-state index contributed by atoms with van der Waals surface area (Å²) in [6.07, 6.45) is 4.79. The second-order valence-corrected chi connectivity index (χ2v) is 5.02. The van der Waals surface area contributed by atoms with E-state index in [2.05, 4.69) is 15.6 Å². The average Bonchev–Trinajstić information content (AvgIpc) is 2.59. The van der Waals surface area contributed by atoms with Crippen LogP contribution in [0.25, 0.3) is 0 Å². The Morgan fingerprint density at radius 2 is 2.09 bits per heavy atom. The van der Waals surface area contributed by atoms with E-state index in [4.69, 9.17) is 5.26 Å². The van der Waals surface area contributed by atoms with Gasteiger partial charge in [0.15, 0.2) is 0 Å². The molecule has 0 saturated heterocycles. The standard InChI is InChI=1S/C18H18N4O/c1-14-5-2-3-7-16(14)12-21-13-17(9-19)18(23)22-11-15-6-4-8-20-10-15/h2-8,10,13,21H,11-12H2,1H3,(H,22,23)/b17-13-. The zero-order valence-corrected chi connectivity index (χ0v) is 12.9. The predicted octanol–water partition coefficient (Wildman–Crippen LogP) is 2.20. The van der Waals surface area contributed by atoms with E-state index in [0.29, 0.717) is 13.1 Å². The van der Waals surface area contributed by atoms with Crippen LogP contribution in [0, 0.1) is 18.3 Å². The first-order valence-electron chi connectivity index (χ1n) is 7.26. The molecule has 0 atom stereocenters. The number of nitrogens with one attached hydrogen (secondary N) is 2. The van der Waals surface area contributed by atoms with E-state index in [1.807, 2.05) is 43.3 Å². The molecule has 5 heteroatoms. The van der Waals surface area contributed by atoms with Gasteiger partial charge >= 0.3 is 0 Å². The maximum Gasteiger partial charge on any atom is 0.263 e. The van der Waals surface area contributed by atoms with Crippen LogP contribution in [0.5, 0.6) is 0 Å². The third kappa shape index (κ3) is 4.97. The van der Waals surface area contributed by atoms with Gasteiger partial charge in [0.2, 0.25) is 0 Å². The highest BCUT2D eigenvalue weighted by Gasteiger charge is 2.08. The molecule has 1 heterocycles. The van der Waals surface area contributed by atoms with Crippen molar-refractivity contribution in [1.82, 2.24) is 15.6 Å². The maximum absolute atomic E-state index is 12.0. The summed E-state index contributed by atoms with van der Waals surface area (Å²) in [5.74, 6) is -0.409. The smallest absolute Gasteiger partial charge is 0.263 e. The molecule has 1 amide bonds. The Kier molecular flexibility index (Phi) is 5.89. The van der Waals surface area contributed by atoms with Crippen LogP contribution in [0.2, 0.25) is 0 Å². The van der Waals surface area contributed by atoms with Gasteiger partial charge in [-0.1, -0.05) is 30.3 Å². The van der Waals surface area contributed by atoms with Crippen molar-refractivity contribution in [3.8, 4) is 6.07 Å². The summed E-state index contributed by atoms with van der Waals surface area (Å²) in [5, 5.41) is 14.8. The van der Waals surface area contributed by atoms with E-state index in [1.54, 1.807) is 18.5 Å². The molecule has 0 radical (unpaired) electrons. The molecule has 2 aromatic rings. The van der Waals surface area contributed by atoms with E-state index in [9.17, 15) is 4.79 Å². The quantitative estimate of drug-likeness (QED) is 0.633. The normalized spacial score (nSPS) is 10.7. The number of nitriles is 1. The molecule has 23 heavy (non-hydrogen) atoms. The summed E-state index contributed by atoms with van der Waals surface area (Å²) in [5.41, 5.74) is 3.21. The number of carbonyl (C=O) groups excluding carboxylic acids is 1. The zero-order valence-electron chi connectivity index (χ0n) is 12.9. The molecule has 0 saturated carbocycles. The molecule has 0 bridgehead atoms. The molecule has 0 aliphatic heterocycles. The lowest BCUT2D eigenvalue weighted by atomic mass is 10.1. The van der Waals surface area contributed by atoms with Crippen LogP contribution in [0.15, 0.2) is 60.6 Å². The zero-order chi connectivity index (χ0) is 16.5. The van der Waals surface area contributed by atoms with E-state index in [-0.39, 0.29) is 5.57 Å². The Hall–Kier alpha value is -3.13. The fourth-order valence-corrected chi connectivity index (χ4v) is 2.00. The van der Waals surface area contributed by atoms with Gasteiger partial charge in [-0.2, -0.15) is 5.26 Å². The second-order valence-electron chi connectivity index (χ2n) is 5.02. The number of hydrogen-bond acceptors (Lipinski definition) is 4. The van der Waals surface area contributed by atoms with Crippen molar-refractivity contribution >= 4 is 5.91 Å². The molecular weight excluding hydrogens is 288 g/mol. The van der Waals surface area contributed by atoms with Gasteiger partial charge in [0.25, 0.3) is 5.91 Å². The number of benzene rings is 1. The van der Waals surface area contributed by atoms with E-state index < -0.39 is 5.91 Å². The topological polar surface area (TPSA) is 77.8 Å². The monoisotopic (exact) mass is 306 g/mol. The van der Waals surface area contributed by atoms with Gasteiger partial charge < -0.3 is 10.6 Å². The second kappa shape index (κ2) is 8.35. The van der Waals surface area contributed by atoms with Gasteiger partial charge in [0, 0.05) is 31.7 Å². The molecule has 1 aromatic heterocycles. The van der Waals surface area contributed by atoms with Gasteiger partial charge in [0.05, 0.1) is 0 Å². The fourth-order valence-electron chi connectivity index (χ4n) is 2.00. The number of rotatable bonds is 6. The van der Waals surface area contributed by atoms with Gasteiger partial charge in [-0.15, -0.1) is 0 Å². The SMILES string of the molecule is Cc1ccccc1CN/C=C(/C#N)C(=O)NCc1cccnc1. The highest BCUT2D eigenvalue weighted by molar-refractivity contribution is 5.97. The lowest BCUT2D eigenvalue weighted by Gasteiger charge is -2.07. The average molecular weight is 306 g/mol. The number of aryl methyl sites for hydroxylation is 1. The molecule has 0 spiro atoms. The van der Waals surface area contributed by atoms with Gasteiger partial charge in [-0.3, -0.25) is 9.78 Å². The molecule has 0 fully saturated rings. The molecule has 1 aromatic carbocycles. The van der Waals surface area contributed by atoms with Crippen LogP contribution >= 0.6 is 0 Å². The minimum Gasteiger partial charge on any atom is -0.386 e. The van der Waals surface area contributed by atoms with Crippen LogP contribution < -0.4 is 10.6 Å². The van der Waals surface area contributed by atoms with Crippen molar-refractivity contribution < 1.29 is 4.79 Å². The van der Waals surface area contributed by atoms with Crippen molar-refractivity contribution in [3.63, 3.8) is 0 Å². The molecule has 0 aliphatic carbocycles. The highest BCUT2D eigenvalue weighted by atomic mass is 16.1. The van der Waals surface area contributed by atoms with Gasteiger partial charge in [-0.05, 0) is 29.7 Å². The highest BCUT2D eigenvalue weighted by Crippen LogP contribution is 2.06. The van der Waals surface area contributed by atoms with Crippen LogP contribution in [-0.4, -0.2) is 10.9 Å². The van der Waals surface area contributed by atoms with Crippen LogP contribution in [0.1, 0.15) is 16.7 Å². The predicted molar refractivity (Wildman–Crippen MR) is 87.8 cm³/mol. The lowest BCUT2D eigenvalue weighted by Crippen LogP contribution is -2.25. The Morgan fingerprint density at radius 3 is 2.78 bits per heavy atom. The van der Waals surface area contributed by atoms with Gasteiger partial charge in [-0.25, -0.2) is 0 Å².